The molecule has 1 saturated heterocycles. The van der Waals surface area contributed by atoms with Crippen molar-refractivity contribution < 1.29 is 0 Å². The molecule has 5 rings (SSSR count). The Labute approximate surface area is 172 Å². The van der Waals surface area contributed by atoms with Gasteiger partial charge < -0.3 is 15.5 Å². The molecule has 29 heavy (non-hydrogen) atoms. The van der Waals surface area contributed by atoms with Crippen LogP contribution in [-0.2, 0) is 0 Å². The number of anilines is 3. The highest BCUT2D eigenvalue weighted by Gasteiger charge is 2.22. The SMILES string of the molecule is CNC1CCN(c2cc(Nc3cc(C)ns3)n3ncc(-c4cn[nH]c4)c3n2)CC1. The van der Waals surface area contributed by atoms with Gasteiger partial charge in [-0.25, -0.2) is 4.98 Å². The van der Waals surface area contributed by atoms with E-state index in [9.17, 15) is 0 Å². The van der Waals surface area contributed by atoms with Crippen LogP contribution in [-0.4, -0.2) is 55.3 Å². The Balaban J connectivity index is 1.58. The Morgan fingerprint density at radius 3 is 2.76 bits per heavy atom. The third-order valence-corrected chi connectivity index (χ3v) is 6.17. The Hall–Kier alpha value is -2.98. The highest BCUT2D eigenvalue weighted by atomic mass is 32.1. The number of aromatic nitrogens is 6. The van der Waals surface area contributed by atoms with E-state index in [0.717, 1.165) is 65.0 Å². The van der Waals surface area contributed by atoms with Crippen LogP contribution in [0.25, 0.3) is 16.8 Å². The molecule has 0 atom stereocenters. The average molecular weight is 410 g/mol. The van der Waals surface area contributed by atoms with Crippen LogP contribution in [0.3, 0.4) is 0 Å². The fraction of sp³-hybridized carbons (Fsp3) is 0.368. The van der Waals surface area contributed by atoms with Crippen molar-refractivity contribution >= 4 is 33.8 Å². The average Bonchev–Trinajstić information content (AvgIpc) is 3.48. The van der Waals surface area contributed by atoms with Crippen LogP contribution >= 0.6 is 11.5 Å². The van der Waals surface area contributed by atoms with Crippen molar-refractivity contribution in [2.45, 2.75) is 25.8 Å². The fourth-order valence-electron chi connectivity index (χ4n) is 3.75. The molecule has 9 nitrogen and oxygen atoms in total. The minimum Gasteiger partial charge on any atom is -0.356 e. The van der Waals surface area contributed by atoms with Crippen molar-refractivity contribution in [1.29, 1.82) is 0 Å². The summed E-state index contributed by atoms with van der Waals surface area (Å²) in [6, 6.07) is 4.69. The Morgan fingerprint density at radius 2 is 2.07 bits per heavy atom. The number of H-pyrrole nitrogens is 1. The number of hydrogen-bond donors (Lipinski definition) is 3. The quantitative estimate of drug-likeness (QED) is 0.466. The number of piperidine rings is 1. The van der Waals surface area contributed by atoms with Crippen LogP contribution in [0.1, 0.15) is 18.5 Å². The van der Waals surface area contributed by atoms with Crippen molar-refractivity contribution in [3.8, 4) is 11.1 Å². The predicted octanol–water partition coefficient (Wildman–Crippen LogP) is 2.82. The second-order valence-corrected chi connectivity index (χ2v) is 8.09. The second kappa shape index (κ2) is 7.45. The number of nitrogens with one attached hydrogen (secondary N) is 3. The van der Waals surface area contributed by atoms with Crippen LogP contribution in [0.5, 0.6) is 0 Å². The number of aromatic amines is 1. The lowest BCUT2D eigenvalue weighted by Crippen LogP contribution is -2.41. The fourth-order valence-corrected chi connectivity index (χ4v) is 4.42. The van der Waals surface area contributed by atoms with E-state index in [-0.39, 0.29) is 0 Å². The molecule has 4 aromatic heterocycles. The summed E-state index contributed by atoms with van der Waals surface area (Å²) in [4.78, 5) is 7.34. The third-order valence-electron chi connectivity index (χ3n) is 5.37. The van der Waals surface area contributed by atoms with Gasteiger partial charge in [-0.3, -0.25) is 5.10 Å². The summed E-state index contributed by atoms with van der Waals surface area (Å²) >= 11 is 1.44. The maximum Gasteiger partial charge on any atom is 0.167 e. The maximum absolute atomic E-state index is 4.99. The number of nitrogens with zero attached hydrogens (tertiary/aromatic N) is 6. The monoisotopic (exact) mass is 409 g/mol. The van der Waals surface area contributed by atoms with Crippen LogP contribution < -0.4 is 15.5 Å². The molecule has 10 heteroatoms. The molecule has 3 N–H and O–H groups in total. The molecule has 4 aromatic rings. The summed E-state index contributed by atoms with van der Waals surface area (Å²) in [5.74, 6) is 1.83. The smallest absolute Gasteiger partial charge is 0.167 e. The molecule has 150 valence electrons. The van der Waals surface area contributed by atoms with E-state index < -0.39 is 0 Å². The minimum absolute atomic E-state index is 0.573. The van der Waals surface area contributed by atoms with Gasteiger partial charge in [0.25, 0.3) is 0 Å². The third kappa shape index (κ3) is 3.45. The van der Waals surface area contributed by atoms with Crippen molar-refractivity contribution in [2.75, 3.05) is 30.4 Å². The Bertz CT molecular complexity index is 1110. The molecule has 0 unspecified atom stereocenters. The molecule has 0 saturated carbocycles. The first-order chi connectivity index (χ1) is 14.2. The molecule has 0 aliphatic carbocycles. The highest BCUT2D eigenvalue weighted by Crippen LogP contribution is 2.30. The van der Waals surface area contributed by atoms with Gasteiger partial charge >= 0.3 is 0 Å². The topological polar surface area (TPSA) is 99.1 Å². The van der Waals surface area contributed by atoms with Crippen molar-refractivity contribution in [1.82, 2.24) is 34.5 Å². The first-order valence-corrected chi connectivity index (χ1v) is 10.5. The van der Waals surface area contributed by atoms with Crippen LogP contribution in [0, 0.1) is 6.92 Å². The molecule has 5 heterocycles. The van der Waals surface area contributed by atoms with Gasteiger partial charge in [0.2, 0.25) is 0 Å². The number of aryl methyl sites for hydroxylation is 1. The minimum atomic E-state index is 0.573. The van der Waals surface area contributed by atoms with Crippen LogP contribution in [0.4, 0.5) is 16.6 Å². The molecule has 0 spiro atoms. The summed E-state index contributed by atoms with van der Waals surface area (Å²) in [6.07, 6.45) is 7.71. The lowest BCUT2D eigenvalue weighted by Gasteiger charge is -2.32. The van der Waals surface area contributed by atoms with Crippen molar-refractivity contribution in [3.05, 3.63) is 36.4 Å². The van der Waals surface area contributed by atoms with Gasteiger partial charge in [0.05, 0.1) is 18.1 Å². The van der Waals surface area contributed by atoms with E-state index in [0.29, 0.717) is 6.04 Å². The van der Waals surface area contributed by atoms with Gasteiger partial charge in [-0.1, -0.05) is 0 Å². The zero-order chi connectivity index (χ0) is 19.8. The molecule has 1 aliphatic rings. The van der Waals surface area contributed by atoms with Gasteiger partial charge in [0.15, 0.2) is 5.65 Å². The first-order valence-electron chi connectivity index (χ1n) is 9.72. The first kappa shape index (κ1) is 18.1. The van der Waals surface area contributed by atoms with Crippen molar-refractivity contribution in [3.63, 3.8) is 0 Å². The lowest BCUT2D eigenvalue weighted by molar-refractivity contribution is 0.441. The molecule has 0 amide bonds. The van der Waals surface area contributed by atoms with E-state index in [1.54, 1.807) is 6.20 Å². The molecular formula is C19H23N9S. The van der Waals surface area contributed by atoms with E-state index in [1.165, 1.54) is 11.5 Å². The summed E-state index contributed by atoms with van der Waals surface area (Å²) in [6.45, 7) is 3.94. The Morgan fingerprint density at radius 1 is 1.21 bits per heavy atom. The van der Waals surface area contributed by atoms with E-state index in [4.69, 9.17) is 4.98 Å². The maximum atomic E-state index is 4.99. The van der Waals surface area contributed by atoms with Crippen LogP contribution in [0.15, 0.2) is 30.7 Å². The second-order valence-electron chi connectivity index (χ2n) is 7.29. The normalized spacial score (nSPS) is 15.3. The van der Waals surface area contributed by atoms with Gasteiger partial charge in [-0.05, 0) is 44.4 Å². The number of hydrogen-bond acceptors (Lipinski definition) is 8. The summed E-state index contributed by atoms with van der Waals surface area (Å²) < 4.78 is 6.22. The summed E-state index contributed by atoms with van der Waals surface area (Å²) in [5.41, 5.74) is 3.73. The number of fused-ring (bicyclic) bond motifs is 1. The zero-order valence-corrected chi connectivity index (χ0v) is 17.2. The molecule has 0 aromatic carbocycles. The van der Waals surface area contributed by atoms with E-state index in [1.807, 2.05) is 36.9 Å². The standard InChI is InChI=1S/C19H23N9S/c1-12-7-18(29-26-12)24-17-8-16(27-5-3-14(20-2)4-6-27)25-19-15(11-23-28(17)19)13-9-21-22-10-13/h7-11,14,20,24H,3-6H2,1-2H3,(H,21,22). The number of rotatable bonds is 5. The predicted molar refractivity (Wildman–Crippen MR) is 115 cm³/mol. The highest BCUT2D eigenvalue weighted by molar-refractivity contribution is 7.10. The Kier molecular flexibility index (Phi) is 4.64. The summed E-state index contributed by atoms with van der Waals surface area (Å²) in [7, 11) is 2.03. The molecule has 1 aliphatic heterocycles. The van der Waals surface area contributed by atoms with Crippen molar-refractivity contribution in [2.24, 2.45) is 0 Å². The van der Waals surface area contributed by atoms with Gasteiger partial charge in [-0.2, -0.15) is 19.1 Å². The summed E-state index contributed by atoms with van der Waals surface area (Å²) in [5, 5.41) is 19.4. The van der Waals surface area contributed by atoms with Gasteiger partial charge in [0.1, 0.15) is 16.6 Å². The van der Waals surface area contributed by atoms with Crippen LogP contribution in [0.2, 0.25) is 0 Å². The zero-order valence-electron chi connectivity index (χ0n) is 16.4. The van der Waals surface area contributed by atoms with E-state index in [2.05, 4.69) is 41.3 Å². The van der Waals surface area contributed by atoms with Gasteiger partial charge in [-0.15, -0.1) is 0 Å². The lowest BCUT2D eigenvalue weighted by atomic mass is 10.1. The molecular weight excluding hydrogens is 386 g/mol. The molecule has 0 radical (unpaired) electrons. The van der Waals surface area contributed by atoms with Gasteiger partial charge in [0, 0.05) is 42.5 Å². The molecule has 1 fully saturated rings. The van der Waals surface area contributed by atoms with E-state index >= 15 is 0 Å². The molecule has 0 bridgehead atoms. The largest absolute Gasteiger partial charge is 0.356 e.